The zero-order chi connectivity index (χ0) is 11.8. The third kappa shape index (κ3) is 1.49. The first-order valence-corrected chi connectivity index (χ1v) is 5.48. The van der Waals surface area contributed by atoms with Gasteiger partial charge in [0, 0.05) is 16.3 Å². The molecule has 1 aromatic carbocycles. The summed E-state index contributed by atoms with van der Waals surface area (Å²) in [7, 11) is 3.72. The van der Waals surface area contributed by atoms with Crippen molar-refractivity contribution in [2.45, 2.75) is 0 Å². The summed E-state index contributed by atoms with van der Waals surface area (Å²) >= 11 is 0. The van der Waals surface area contributed by atoms with Crippen molar-refractivity contribution in [3.8, 4) is 17.0 Å². The summed E-state index contributed by atoms with van der Waals surface area (Å²) in [5.74, 6) is 0.877. The molecule has 3 rings (SSSR count). The van der Waals surface area contributed by atoms with E-state index in [1.807, 2.05) is 46.8 Å². The number of ether oxygens (including phenoxy) is 1. The zero-order valence-corrected chi connectivity index (χ0v) is 9.87. The Labute approximate surface area is 99.3 Å². The van der Waals surface area contributed by atoms with E-state index in [1.165, 1.54) is 5.56 Å². The fourth-order valence-corrected chi connectivity index (χ4v) is 2.05. The van der Waals surface area contributed by atoms with Crippen molar-refractivity contribution >= 4 is 0 Å². The van der Waals surface area contributed by atoms with Crippen LogP contribution in [0.15, 0.2) is 48.9 Å². The monoisotopic (exact) mass is 228 g/mol. The summed E-state index contributed by atoms with van der Waals surface area (Å²) in [6, 6.07) is 10.1. The molecule has 2 aromatic heterocycles. The quantitative estimate of drug-likeness (QED) is 0.610. The Balaban J connectivity index is 2.12. The molecule has 86 valence electrons. The minimum atomic E-state index is 0.877. The molecule has 0 aliphatic carbocycles. The molecule has 0 saturated carbocycles. The van der Waals surface area contributed by atoms with Gasteiger partial charge in [-0.25, -0.2) is 0 Å². The lowest BCUT2D eigenvalue weighted by Crippen LogP contribution is -2.33. The number of benzene rings is 1. The van der Waals surface area contributed by atoms with Gasteiger partial charge in [-0.1, -0.05) is 0 Å². The molecule has 0 unspecified atom stereocenters. The van der Waals surface area contributed by atoms with Crippen LogP contribution < -0.4 is 9.37 Å². The molecule has 4 nitrogen and oxygen atoms in total. The van der Waals surface area contributed by atoms with E-state index in [4.69, 9.17) is 4.74 Å². The Morgan fingerprint density at radius 1 is 1.18 bits per heavy atom. The number of fused-ring (bicyclic) bond motifs is 1. The van der Waals surface area contributed by atoms with Crippen molar-refractivity contribution in [3.63, 3.8) is 0 Å². The van der Waals surface area contributed by atoms with Gasteiger partial charge in [-0.2, -0.15) is 0 Å². The average Bonchev–Trinajstić information content (AvgIpc) is 2.93. The summed E-state index contributed by atoms with van der Waals surface area (Å²) in [6.45, 7) is 0. The van der Waals surface area contributed by atoms with E-state index in [1.54, 1.807) is 7.11 Å². The SMILES string of the molecule is COc1ccc(-c2cn3ccc[n+]3n2C)cc1. The largest absolute Gasteiger partial charge is 0.497 e. The van der Waals surface area contributed by atoms with Gasteiger partial charge in [0.25, 0.3) is 0 Å². The summed E-state index contributed by atoms with van der Waals surface area (Å²) in [6.07, 6.45) is 6.14. The van der Waals surface area contributed by atoms with E-state index in [2.05, 4.69) is 23.0 Å². The normalized spacial score (nSPS) is 10.9. The highest BCUT2D eigenvalue weighted by atomic mass is 16.5. The van der Waals surface area contributed by atoms with Crippen LogP contribution in [0.25, 0.3) is 11.3 Å². The Hall–Kier alpha value is -2.23. The summed E-state index contributed by atoms with van der Waals surface area (Å²) in [5, 5.41) is 0. The lowest BCUT2D eigenvalue weighted by Gasteiger charge is -2.01. The highest BCUT2D eigenvalue weighted by molar-refractivity contribution is 5.59. The second-order valence-electron chi connectivity index (χ2n) is 3.96. The topological polar surface area (TPSA) is 22.7 Å². The Morgan fingerprint density at radius 2 is 1.94 bits per heavy atom. The molecule has 0 aliphatic heterocycles. The zero-order valence-electron chi connectivity index (χ0n) is 9.87. The Morgan fingerprint density at radius 3 is 2.59 bits per heavy atom. The summed E-state index contributed by atoms with van der Waals surface area (Å²) in [4.78, 5) is 0. The molecule has 0 bridgehead atoms. The number of hydrogen-bond acceptors (Lipinski definition) is 1. The van der Waals surface area contributed by atoms with Gasteiger partial charge in [0.1, 0.15) is 17.6 Å². The molecule has 17 heavy (non-hydrogen) atoms. The molecule has 0 saturated heterocycles. The third-order valence-corrected chi connectivity index (χ3v) is 2.99. The van der Waals surface area contributed by atoms with Gasteiger partial charge in [-0.05, 0) is 24.3 Å². The van der Waals surface area contributed by atoms with Gasteiger partial charge < -0.3 is 4.74 Å². The van der Waals surface area contributed by atoms with Crippen molar-refractivity contribution in [1.29, 1.82) is 0 Å². The molecule has 2 heterocycles. The minimum absolute atomic E-state index is 0.877. The number of rotatable bonds is 2. The fourth-order valence-electron chi connectivity index (χ4n) is 2.05. The molecular formula is C13H14N3O+. The molecule has 0 atom stereocenters. The standard InChI is InChI=1S/C13H14N3O/c1-14-13(10-15-8-3-9-16(14)15)11-4-6-12(17-2)7-5-11/h3-10H,1-2H3/q+1. The molecule has 0 spiro atoms. The smallest absolute Gasteiger partial charge is 0.230 e. The van der Waals surface area contributed by atoms with Gasteiger partial charge in [0.15, 0.2) is 0 Å². The summed E-state index contributed by atoms with van der Waals surface area (Å²) in [5.41, 5.74) is 2.33. The first kappa shape index (κ1) is 9.96. The molecule has 0 amide bonds. The molecule has 4 heteroatoms. The van der Waals surface area contributed by atoms with Gasteiger partial charge in [-0.3, -0.25) is 0 Å². The van der Waals surface area contributed by atoms with E-state index in [-0.39, 0.29) is 0 Å². The van der Waals surface area contributed by atoms with E-state index in [0.717, 1.165) is 11.4 Å². The number of aromatic nitrogens is 3. The predicted octanol–water partition coefficient (Wildman–Crippen LogP) is 1.54. The lowest BCUT2D eigenvalue weighted by atomic mass is 10.1. The van der Waals surface area contributed by atoms with E-state index in [9.17, 15) is 0 Å². The van der Waals surface area contributed by atoms with Crippen LogP contribution >= 0.6 is 0 Å². The molecular weight excluding hydrogens is 214 g/mol. The Bertz CT molecular complexity index is 649. The lowest BCUT2D eigenvalue weighted by molar-refractivity contribution is -0.696. The van der Waals surface area contributed by atoms with Crippen LogP contribution in [-0.4, -0.2) is 16.3 Å². The van der Waals surface area contributed by atoms with Crippen LogP contribution in [0, 0.1) is 0 Å². The molecule has 0 radical (unpaired) electrons. The van der Waals surface area contributed by atoms with Crippen molar-refractivity contribution in [2.75, 3.05) is 7.11 Å². The van der Waals surface area contributed by atoms with Crippen LogP contribution in [0.3, 0.4) is 0 Å². The van der Waals surface area contributed by atoms with Crippen molar-refractivity contribution in [3.05, 3.63) is 48.9 Å². The maximum atomic E-state index is 5.16. The van der Waals surface area contributed by atoms with E-state index in [0.29, 0.717) is 0 Å². The highest BCUT2D eigenvalue weighted by Crippen LogP contribution is 2.20. The van der Waals surface area contributed by atoms with Crippen LogP contribution in [-0.2, 0) is 7.05 Å². The highest BCUT2D eigenvalue weighted by Gasteiger charge is 2.13. The van der Waals surface area contributed by atoms with Crippen molar-refractivity contribution in [1.82, 2.24) is 9.20 Å². The second-order valence-corrected chi connectivity index (χ2v) is 3.96. The molecule has 0 N–H and O–H groups in total. The second kappa shape index (κ2) is 3.66. The van der Waals surface area contributed by atoms with Gasteiger partial charge in [-0.15, -0.1) is 9.20 Å². The fraction of sp³-hybridized carbons (Fsp3) is 0.154. The number of aryl methyl sites for hydroxylation is 1. The van der Waals surface area contributed by atoms with Crippen LogP contribution in [0.4, 0.5) is 0 Å². The van der Waals surface area contributed by atoms with Gasteiger partial charge in [0.2, 0.25) is 6.20 Å². The van der Waals surface area contributed by atoms with E-state index >= 15 is 0 Å². The number of hydrogen-bond donors (Lipinski definition) is 0. The van der Waals surface area contributed by atoms with Crippen molar-refractivity contribution in [2.24, 2.45) is 7.05 Å². The molecule has 3 aromatic rings. The van der Waals surface area contributed by atoms with Crippen LogP contribution in [0.1, 0.15) is 0 Å². The van der Waals surface area contributed by atoms with Crippen molar-refractivity contribution < 1.29 is 9.37 Å². The average molecular weight is 228 g/mol. The first-order chi connectivity index (χ1) is 8.29. The minimum Gasteiger partial charge on any atom is -0.497 e. The number of methoxy groups -OCH3 is 1. The molecule has 0 fully saturated rings. The first-order valence-electron chi connectivity index (χ1n) is 5.48. The summed E-state index contributed by atoms with van der Waals surface area (Å²) < 4.78 is 11.3. The van der Waals surface area contributed by atoms with Crippen LogP contribution in [0.2, 0.25) is 0 Å². The maximum absolute atomic E-state index is 5.16. The predicted molar refractivity (Wildman–Crippen MR) is 64.0 cm³/mol. The van der Waals surface area contributed by atoms with Gasteiger partial charge >= 0.3 is 0 Å². The Kier molecular flexibility index (Phi) is 2.14. The van der Waals surface area contributed by atoms with E-state index < -0.39 is 0 Å². The molecule has 0 aliphatic rings. The maximum Gasteiger partial charge on any atom is 0.230 e. The van der Waals surface area contributed by atoms with Gasteiger partial charge in [0.05, 0.1) is 20.4 Å². The number of nitrogens with zero attached hydrogens (tertiary/aromatic N) is 3. The third-order valence-electron chi connectivity index (χ3n) is 2.99. The van der Waals surface area contributed by atoms with Crippen LogP contribution in [0.5, 0.6) is 5.75 Å².